The zero-order valence-corrected chi connectivity index (χ0v) is 11.6. The van der Waals surface area contributed by atoms with E-state index in [9.17, 15) is 0 Å². The minimum atomic E-state index is 0.783. The molecule has 0 radical (unpaired) electrons. The Hall–Kier alpha value is -1.74. The Labute approximate surface area is 114 Å². The van der Waals surface area contributed by atoms with Crippen molar-refractivity contribution in [2.24, 2.45) is 0 Å². The fourth-order valence-electron chi connectivity index (χ4n) is 2.64. The molecule has 2 aromatic rings. The number of hydrogen-bond acceptors (Lipinski definition) is 3. The van der Waals surface area contributed by atoms with E-state index in [0.717, 1.165) is 37.6 Å². The normalized spacial score (nSPS) is 13.9. The molecule has 0 unspecified atom stereocenters. The summed E-state index contributed by atoms with van der Waals surface area (Å²) < 4.78 is 5.54. The maximum absolute atomic E-state index is 5.54. The molecule has 2 heterocycles. The van der Waals surface area contributed by atoms with Gasteiger partial charge >= 0.3 is 0 Å². The third-order valence-electron chi connectivity index (χ3n) is 3.70. The lowest BCUT2D eigenvalue weighted by Crippen LogP contribution is -2.13. The summed E-state index contributed by atoms with van der Waals surface area (Å²) in [5, 5.41) is 3.43. The second-order valence-electron chi connectivity index (χ2n) is 5.25. The minimum absolute atomic E-state index is 0.783. The van der Waals surface area contributed by atoms with Crippen LogP contribution < -0.4 is 10.2 Å². The molecule has 3 nitrogen and oxygen atoms in total. The lowest BCUT2D eigenvalue weighted by molar-refractivity contribution is 0.461. The van der Waals surface area contributed by atoms with Crippen LogP contribution in [0.5, 0.6) is 0 Å². The van der Waals surface area contributed by atoms with Gasteiger partial charge in [0.2, 0.25) is 0 Å². The lowest BCUT2D eigenvalue weighted by Gasteiger charge is -2.12. The molecule has 0 saturated carbocycles. The predicted molar refractivity (Wildman–Crippen MR) is 77.4 cm³/mol. The molecular weight excluding hydrogens is 236 g/mol. The van der Waals surface area contributed by atoms with Gasteiger partial charge in [-0.2, -0.15) is 0 Å². The van der Waals surface area contributed by atoms with Gasteiger partial charge in [0.25, 0.3) is 0 Å². The second kappa shape index (κ2) is 5.10. The number of likely N-dealkylation sites (N-methyl/N-ethyl adjacent to an activating group) is 1. The number of hydrogen-bond donors (Lipinski definition) is 1. The highest BCUT2D eigenvalue weighted by Crippen LogP contribution is 2.27. The molecular formula is C16H20N2O. The smallest absolute Gasteiger partial charge is 0.117 e. The largest absolute Gasteiger partial charge is 0.465 e. The van der Waals surface area contributed by atoms with Gasteiger partial charge in [-0.25, -0.2) is 0 Å². The highest BCUT2D eigenvalue weighted by Gasteiger charge is 2.15. The molecule has 0 aliphatic carbocycles. The standard InChI is InChI=1S/C16H20N2O/c1-12-3-5-15(19-12)11-17-10-13-4-6-16-14(9-13)7-8-18(16)2/h3-6,9,17H,7-8,10-11H2,1-2H3. The number of nitrogens with zero attached hydrogens (tertiary/aromatic N) is 1. The monoisotopic (exact) mass is 256 g/mol. The van der Waals surface area contributed by atoms with Gasteiger partial charge in [-0.15, -0.1) is 0 Å². The van der Waals surface area contributed by atoms with Gasteiger partial charge in [0, 0.05) is 25.8 Å². The Morgan fingerprint density at radius 1 is 1.21 bits per heavy atom. The van der Waals surface area contributed by atoms with Crippen LogP contribution in [-0.2, 0) is 19.5 Å². The summed E-state index contributed by atoms with van der Waals surface area (Å²) >= 11 is 0. The van der Waals surface area contributed by atoms with Gasteiger partial charge in [0.1, 0.15) is 11.5 Å². The first-order chi connectivity index (χ1) is 9.22. The molecule has 0 fully saturated rings. The Morgan fingerprint density at radius 2 is 2.11 bits per heavy atom. The molecule has 19 heavy (non-hydrogen) atoms. The van der Waals surface area contributed by atoms with Gasteiger partial charge in [-0.1, -0.05) is 12.1 Å². The van der Waals surface area contributed by atoms with Gasteiger partial charge in [-0.3, -0.25) is 0 Å². The van der Waals surface area contributed by atoms with Crippen molar-refractivity contribution < 1.29 is 4.42 Å². The summed E-state index contributed by atoms with van der Waals surface area (Å²) in [6.07, 6.45) is 1.16. The summed E-state index contributed by atoms with van der Waals surface area (Å²) in [5.41, 5.74) is 4.19. The van der Waals surface area contributed by atoms with Crippen LogP contribution in [0, 0.1) is 6.92 Å². The van der Waals surface area contributed by atoms with Crippen molar-refractivity contribution >= 4 is 5.69 Å². The molecule has 0 spiro atoms. The number of fused-ring (bicyclic) bond motifs is 1. The third-order valence-corrected chi connectivity index (χ3v) is 3.70. The van der Waals surface area contributed by atoms with E-state index in [2.05, 4.69) is 35.5 Å². The van der Waals surface area contributed by atoms with Crippen molar-refractivity contribution in [2.75, 3.05) is 18.5 Å². The number of nitrogens with one attached hydrogen (secondary N) is 1. The quantitative estimate of drug-likeness (QED) is 0.911. The number of benzene rings is 1. The van der Waals surface area contributed by atoms with E-state index < -0.39 is 0 Å². The third kappa shape index (κ3) is 2.66. The SMILES string of the molecule is Cc1ccc(CNCc2ccc3c(c2)CCN3C)o1. The Balaban J connectivity index is 1.59. The molecule has 3 heteroatoms. The van der Waals surface area contributed by atoms with Crippen LogP contribution in [-0.4, -0.2) is 13.6 Å². The van der Waals surface area contributed by atoms with Crippen LogP contribution in [0.15, 0.2) is 34.7 Å². The molecule has 0 amide bonds. The maximum atomic E-state index is 5.54. The fourth-order valence-corrected chi connectivity index (χ4v) is 2.64. The Kier molecular flexibility index (Phi) is 3.30. The predicted octanol–water partition coefficient (Wildman–Crippen LogP) is 2.87. The molecule has 0 saturated heterocycles. The lowest BCUT2D eigenvalue weighted by atomic mass is 10.1. The molecule has 1 aromatic heterocycles. The van der Waals surface area contributed by atoms with E-state index in [1.165, 1.54) is 16.8 Å². The summed E-state index contributed by atoms with van der Waals surface area (Å²) in [6.45, 7) is 4.78. The molecule has 1 N–H and O–H groups in total. The van der Waals surface area contributed by atoms with Crippen LogP contribution in [0.25, 0.3) is 0 Å². The average molecular weight is 256 g/mol. The van der Waals surface area contributed by atoms with E-state index >= 15 is 0 Å². The Bertz CT molecular complexity index is 574. The van der Waals surface area contributed by atoms with Gasteiger partial charge in [-0.05, 0) is 42.7 Å². The molecule has 3 rings (SSSR count). The first kappa shape index (κ1) is 12.3. The number of aryl methyl sites for hydroxylation is 1. The van der Waals surface area contributed by atoms with Crippen molar-refractivity contribution in [3.63, 3.8) is 0 Å². The number of anilines is 1. The summed E-state index contributed by atoms with van der Waals surface area (Å²) in [5.74, 6) is 1.97. The van der Waals surface area contributed by atoms with Crippen LogP contribution in [0.3, 0.4) is 0 Å². The average Bonchev–Trinajstić information content (AvgIpc) is 2.97. The minimum Gasteiger partial charge on any atom is -0.465 e. The number of rotatable bonds is 4. The highest BCUT2D eigenvalue weighted by molar-refractivity contribution is 5.58. The maximum Gasteiger partial charge on any atom is 0.117 e. The zero-order valence-electron chi connectivity index (χ0n) is 11.6. The van der Waals surface area contributed by atoms with Gasteiger partial charge < -0.3 is 14.6 Å². The van der Waals surface area contributed by atoms with Crippen LogP contribution in [0.2, 0.25) is 0 Å². The fraction of sp³-hybridized carbons (Fsp3) is 0.375. The second-order valence-corrected chi connectivity index (χ2v) is 5.25. The number of furan rings is 1. The van der Waals surface area contributed by atoms with Crippen molar-refractivity contribution in [3.8, 4) is 0 Å². The zero-order chi connectivity index (χ0) is 13.2. The topological polar surface area (TPSA) is 28.4 Å². The van der Waals surface area contributed by atoms with Gasteiger partial charge in [0.05, 0.1) is 6.54 Å². The molecule has 1 aliphatic rings. The highest BCUT2D eigenvalue weighted by atomic mass is 16.3. The van der Waals surface area contributed by atoms with E-state index in [1.807, 2.05) is 19.1 Å². The van der Waals surface area contributed by atoms with E-state index in [1.54, 1.807) is 0 Å². The molecule has 0 atom stereocenters. The van der Waals surface area contributed by atoms with Gasteiger partial charge in [0.15, 0.2) is 0 Å². The van der Waals surface area contributed by atoms with E-state index in [-0.39, 0.29) is 0 Å². The first-order valence-corrected chi connectivity index (χ1v) is 6.81. The first-order valence-electron chi connectivity index (χ1n) is 6.81. The van der Waals surface area contributed by atoms with Crippen molar-refractivity contribution in [2.45, 2.75) is 26.4 Å². The summed E-state index contributed by atoms with van der Waals surface area (Å²) in [6, 6.07) is 10.8. The van der Waals surface area contributed by atoms with Crippen molar-refractivity contribution in [3.05, 3.63) is 53.0 Å². The summed E-state index contributed by atoms with van der Waals surface area (Å²) in [4.78, 5) is 2.32. The van der Waals surface area contributed by atoms with Crippen molar-refractivity contribution in [1.82, 2.24) is 5.32 Å². The van der Waals surface area contributed by atoms with Crippen LogP contribution >= 0.6 is 0 Å². The Morgan fingerprint density at radius 3 is 2.89 bits per heavy atom. The molecule has 1 aliphatic heterocycles. The van der Waals surface area contributed by atoms with E-state index in [4.69, 9.17) is 4.42 Å². The van der Waals surface area contributed by atoms with Crippen molar-refractivity contribution in [1.29, 1.82) is 0 Å². The van der Waals surface area contributed by atoms with Crippen LogP contribution in [0.1, 0.15) is 22.6 Å². The molecule has 0 bridgehead atoms. The summed E-state index contributed by atoms with van der Waals surface area (Å²) in [7, 11) is 2.16. The molecule has 100 valence electrons. The molecule has 1 aromatic carbocycles. The van der Waals surface area contributed by atoms with E-state index in [0.29, 0.717) is 0 Å². The van der Waals surface area contributed by atoms with Crippen LogP contribution in [0.4, 0.5) is 5.69 Å².